The molecular formula is C22H28BrN5O2. The molecule has 1 atom stereocenters. The highest BCUT2D eigenvalue weighted by atomic mass is 79.9. The van der Waals surface area contributed by atoms with Crippen LogP contribution in [0.4, 0.5) is 11.4 Å². The average molecular weight is 474 g/mol. The molecule has 0 saturated carbocycles. The van der Waals surface area contributed by atoms with Gasteiger partial charge in [-0.15, -0.1) is 0 Å². The Bertz CT molecular complexity index is 997. The third-order valence-electron chi connectivity index (χ3n) is 5.65. The first-order chi connectivity index (χ1) is 14.4. The van der Waals surface area contributed by atoms with Gasteiger partial charge in [0.2, 0.25) is 0 Å². The van der Waals surface area contributed by atoms with Gasteiger partial charge >= 0.3 is 5.97 Å². The Morgan fingerprint density at radius 2 is 2.30 bits per heavy atom. The molecule has 0 spiro atoms. The lowest BCUT2D eigenvalue weighted by Gasteiger charge is -2.36. The molecule has 30 heavy (non-hydrogen) atoms. The molecule has 0 radical (unpaired) electrons. The van der Waals surface area contributed by atoms with Gasteiger partial charge in [0.25, 0.3) is 0 Å². The van der Waals surface area contributed by atoms with E-state index in [9.17, 15) is 9.90 Å². The van der Waals surface area contributed by atoms with E-state index in [-0.39, 0.29) is 0 Å². The Morgan fingerprint density at radius 3 is 3.07 bits per heavy atom. The van der Waals surface area contributed by atoms with E-state index in [1.807, 2.05) is 23.5 Å². The van der Waals surface area contributed by atoms with E-state index < -0.39 is 5.97 Å². The first-order valence-corrected chi connectivity index (χ1v) is 11.2. The summed E-state index contributed by atoms with van der Waals surface area (Å²) in [6.45, 7) is 7.72. The maximum atomic E-state index is 11.5. The summed E-state index contributed by atoms with van der Waals surface area (Å²) in [5.41, 5.74) is 3.23. The number of anilines is 2. The minimum Gasteiger partial charge on any atom is -0.478 e. The molecule has 2 aliphatic rings. The van der Waals surface area contributed by atoms with E-state index in [0.29, 0.717) is 24.1 Å². The number of nitrogens with zero attached hydrogens (tertiary/aromatic N) is 3. The Balaban J connectivity index is 1.68. The number of hydrogen-bond donors (Lipinski definition) is 3. The predicted molar refractivity (Wildman–Crippen MR) is 124 cm³/mol. The summed E-state index contributed by atoms with van der Waals surface area (Å²) in [5, 5.41) is 14.1. The molecule has 2 aliphatic heterocycles. The standard InChI is InChI=1S/C22H28BrN5O2/c1-14(2)9-24-16-6-4-8-28(13-16)20-17(23)10-25-21-19(20)18(11-26-21)27-7-3-5-15(12-27)22(29)30/h3,5,7,10-11,14,16,24H,4,6,8-9,12-13H2,1-2H3,(H,25,26)(H,29,30)/t16-/m1/s1. The molecule has 0 aromatic carbocycles. The van der Waals surface area contributed by atoms with Crippen LogP contribution in [0.1, 0.15) is 26.7 Å². The number of fused-ring (bicyclic) bond motifs is 1. The van der Waals surface area contributed by atoms with Crippen LogP contribution in [0.25, 0.3) is 11.0 Å². The van der Waals surface area contributed by atoms with E-state index in [2.05, 4.69) is 50.0 Å². The van der Waals surface area contributed by atoms with Gasteiger partial charge in [-0.05, 0) is 53.4 Å². The number of carboxylic acid groups (broad SMARTS) is 1. The van der Waals surface area contributed by atoms with Crippen LogP contribution in [-0.4, -0.2) is 53.3 Å². The molecule has 0 unspecified atom stereocenters. The van der Waals surface area contributed by atoms with Gasteiger partial charge in [0.15, 0.2) is 0 Å². The van der Waals surface area contributed by atoms with Crippen molar-refractivity contribution in [3.63, 3.8) is 0 Å². The summed E-state index contributed by atoms with van der Waals surface area (Å²) in [5.74, 6) is -0.266. The molecular weight excluding hydrogens is 446 g/mol. The number of nitrogens with one attached hydrogen (secondary N) is 2. The van der Waals surface area contributed by atoms with Crippen molar-refractivity contribution >= 4 is 44.3 Å². The zero-order valence-corrected chi connectivity index (χ0v) is 18.9. The quantitative estimate of drug-likeness (QED) is 0.590. The molecule has 4 rings (SSSR count). The van der Waals surface area contributed by atoms with Gasteiger partial charge in [-0.3, -0.25) is 0 Å². The van der Waals surface area contributed by atoms with Crippen LogP contribution in [0.3, 0.4) is 0 Å². The molecule has 0 amide bonds. The fourth-order valence-electron chi connectivity index (χ4n) is 4.18. The summed E-state index contributed by atoms with van der Waals surface area (Å²) in [6.07, 6.45) is 11.4. The van der Waals surface area contributed by atoms with E-state index in [4.69, 9.17) is 0 Å². The number of aromatic nitrogens is 2. The van der Waals surface area contributed by atoms with Crippen molar-refractivity contribution in [2.45, 2.75) is 32.7 Å². The Hall–Kier alpha value is -2.32. The van der Waals surface area contributed by atoms with E-state index in [0.717, 1.165) is 52.9 Å². The molecule has 1 fully saturated rings. The maximum Gasteiger partial charge on any atom is 0.333 e. The van der Waals surface area contributed by atoms with Crippen molar-refractivity contribution in [1.82, 2.24) is 15.3 Å². The average Bonchev–Trinajstić information content (AvgIpc) is 3.16. The smallest absolute Gasteiger partial charge is 0.333 e. The lowest BCUT2D eigenvalue weighted by Crippen LogP contribution is -2.46. The Kier molecular flexibility index (Phi) is 6.15. The summed E-state index contributed by atoms with van der Waals surface area (Å²) in [4.78, 5) is 23.7. The number of pyridine rings is 1. The van der Waals surface area contributed by atoms with Gasteiger partial charge in [-0.1, -0.05) is 13.8 Å². The van der Waals surface area contributed by atoms with Gasteiger partial charge in [0, 0.05) is 37.7 Å². The zero-order valence-electron chi connectivity index (χ0n) is 17.4. The SMILES string of the molecule is CC(C)CN[C@@H]1CCCN(c2c(Br)cnc3[nH]cc(N4C=CC=C(C(=O)O)C4)c23)C1. The number of allylic oxidation sites excluding steroid dienone is 2. The number of rotatable bonds is 6. The van der Waals surface area contributed by atoms with Crippen molar-refractivity contribution in [1.29, 1.82) is 0 Å². The van der Waals surface area contributed by atoms with Gasteiger partial charge in [-0.25, -0.2) is 9.78 Å². The lowest BCUT2D eigenvalue weighted by atomic mass is 10.0. The lowest BCUT2D eigenvalue weighted by molar-refractivity contribution is -0.132. The first-order valence-electron chi connectivity index (χ1n) is 10.4. The number of hydrogen-bond acceptors (Lipinski definition) is 5. The molecule has 1 saturated heterocycles. The summed E-state index contributed by atoms with van der Waals surface area (Å²) in [6, 6.07) is 0.454. The number of piperidine rings is 1. The molecule has 0 bridgehead atoms. The zero-order chi connectivity index (χ0) is 21.3. The fourth-order valence-corrected chi connectivity index (χ4v) is 4.73. The number of carbonyl (C=O) groups is 1. The van der Waals surface area contributed by atoms with Crippen molar-refractivity contribution in [2.75, 3.05) is 36.0 Å². The van der Waals surface area contributed by atoms with Crippen LogP contribution >= 0.6 is 15.9 Å². The van der Waals surface area contributed by atoms with Crippen LogP contribution in [0.2, 0.25) is 0 Å². The second kappa shape index (κ2) is 8.81. The topological polar surface area (TPSA) is 84.5 Å². The third-order valence-corrected chi connectivity index (χ3v) is 6.23. The van der Waals surface area contributed by atoms with E-state index in [1.165, 1.54) is 6.42 Å². The Morgan fingerprint density at radius 1 is 1.47 bits per heavy atom. The summed E-state index contributed by atoms with van der Waals surface area (Å²) >= 11 is 3.73. The van der Waals surface area contributed by atoms with Crippen LogP contribution in [0, 0.1) is 5.92 Å². The number of aliphatic carboxylic acids is 1. The van der Waals surface area contributed by atoms with Crippen LogP contribution in [0.15, 0.2) is 40.8 Å². The van der Waals surface area contributed by atoms with Crippen molar-refractivity contribution in [3.8, 4) is 0 Å². The van der Waals surface area contributed by atoms with Gasteiger partial charge in [0.1, 0.15) is 5.65 Å². The van der Waals surface area contributed by atoms with Crippen LogP contribution < -0.4 is 15.1 Å². The normalized spacial score (nSPS) is 19.6. The predicted octanol–water partition coefficient (Wildman–Crippen LogP) is 3.88. The van der Waals surface area contributed by atoms with Gasteiger partial charge in [-0.2, -0.15) is 0 Å². The number of carboxylic acids is 1. The molecule has 3 N–H and O–H groups in total. The molecule has 160 valence electrons. The largest absolute Gasteiger partial charge is 0.478 e. The molecule has 2 aromatic heterocycles. The van der Waals surface area contributed by atoms with E-state index in [1.54, 1.807) is 12.2 Å². The van der Waals surface area contributed by atoms with Gasteiger partial charge < -0.3 is 25.2 Å². The molecule has 8 heteroatoms. The minimum absolute atomic E-state index is 0.323. The number of H-pyrrole nitrogens is 1. The summed E-state index contributed by atoms with van der Waals surface area (Å²) in [7, 11) is 0. The Labute approximate surface area is 185 Å². The van der Waals surface area contributed by atoms with Crippen molar-refractivity contribution < 1.29 is 9.90 Å². The highest BCUT2D eigenvalue weighted by Gasteiger charge is 2.27. The number of aromatic amines is 1. The second-order valence-corrected chi connectivity index (χ2v) is 9.26. The molecule has 0 aliphatic carbocycles. The van der Waals surface area contributed by atoms with Crippen LogP contribution in [-0.2, 0) is 4.79 Å². The monoisotopic (exact) mass is 473 g/mol. The number of halogens is 1. The fraction of sp³-hybridized carbons (Fsp3) is 0.455. The summed E-state index contributed by atoms with van der Waals surface area (Å²) < 4.78 is 0.954. The van der Waals surface area contributed by atoms with Crippen LogP contribution in [0.5, 0.6) is 0 Å². The second-order valence-electron chi connectivity index (χ2n) is 8.41. The maximum absolute atomic E-state index is 11.5. The highest BCUT2D eigenvalue weighted by molar-refractivity contribution is 9.10. The molecule has 7 nitrogen and oxygen atoms in total. The van der Waals surface area contributed by atoms with Crippen molar-refractivity contribution in [3.05, 3.63) is 40.8 Å². The third kappa shape index (κ3) is 4.25. The van der Waals surface area contributed by atoms with Gasteiger partial charge in [0.05, 0.1) is 33.4 Å². The van der Waals surface area contributed by atoms with E-state index >= 15 is 0 Å². The molecule has 4 heterocycles. The highest BCUT2D eigenvalue weighted by Crippen LogP contribution is 2.40. The minimum atomic E-state index is -0.890. The molecule has 2 aromatic rings. The first kappa shape index (κ1) is 20.9. The van der Waals surface area contributed by atoms with Crippen molar-refractivity contribution in [2.24, 2.45) is 5.92 Å².